The lowest BCUT2D eigenvalue weighted by Gasteiger charge is -2.18. The third-order valence-electron chi connectivity index (χ3n) is 4.02. The largest absolute Gasteiger partial charge is 0.302 e. The Labute approximate surface area is 132 Å². The molecule has 1 aromatic heterocycles. The maximum Gasteiger partial charge on any atom is 0.270 e. The summed E-state index contributed by atoms with van der Waals surface area (Å²) in [4.78, 5) is 14.8. The molecular weight excluding hydrogens is 274 g/mol. The van der Waals surface area contributed by atoms with E-state index in [1.807, 2.05) is 43.3 Å². The van der Waals surface area contributed by atoms with Gasteiger partial charge in [-0.05, 0) is 25.6 Å². The van der Waals surface area contributed by atoms with Crippen LogP contribution in [0.5, 0.6) is 0 Å². The summed E-state index contributed by atoms with van der Waals surface area (Å²) >= 11 is 0. The van der Waals surface area contributed by atoms with E-state index >= 15 is 0 Å². The fraction of sp³-hybridized carbons (Fsp3) is 0.444. The van der Waals surface area contributed by atoms with Crippen LogP contribution in [0.25, 0.3) is 11.3 Å². The monoisotopic (exact) mass is 299 g/mol. The van der Waals surface area contributed by atoms with E-state index in [4.69, 9.17) is 0 Å². The molecule has 4 nitrogen and oxygen atoms in total. The number of nitrogens with zero attached hydrogens (tertiary/aromatic N) is 3. The molecule has 1 aromatic carbocycles. The molecule has 0 N–H and O–H groups in total. The molecule has 4 heteroatoms. The third kappa shape index (κ3) is 3.83. The molecule has 22 heavy (non-hydrogen) atoms. The number of hydrogen-bond acceptors (Lipinski definition) is 3. The van der Waals surface area contributed by atoms with Crippen LogP contribution in [0.1, 0.15) is 26.3 Å². The number of rotatable bonds is 7. The zero-order chi connectivity index (χ0) is 15.9. The minimum absolute atomic E-state index is 0.0364. The maximum absolute atomic E-state index is 12.5. The Hall–Kier alpha value is -1.94. The Kier molecular flexibility index (Phi) is 5.90. The predicted octanol–water partition coefficient (Wildman–Crippen LogP) is 2.81. The Morgan fingerprint density at radius 2 is 1.77 bits per heavy atom. The summed E-state index contributed by atoms with van der Waals surface area (Å²) in [5.74, 6) is 0. The predicted molar refractivity (Wildman–Crippen MR) is 91.1 cm³/mol. The highest BCUT2D eigenvalue weighted by atomic mass is 16.1. The summed E-state index contributed by atoms with van der Waals surface area (Å²) in [5.41, 5.74) is 2.79. The van der Waals surface area contributed by atoms with Crippen molar-refractivity contribution in [3.63, 3.8) is 0 Å². The number of benzene rings is 1. The van der Waals surface area contributed by atoms with Crippen LogP contribution in [0.4, 0.5) is 0 Å². The summed E-state index contributed by atoms with van der Waals surface area (Å²) in [7, 11) is 0. The van der Waals surface area contributed by atoms with Crippen LogP contribution in [0.3, 0.4) is 0 Å². The molecule has 0 radical (unpaired) electrons. The number of aryl methyl sites for hydroxylation is 1. The van der Waals surface area contributed by atoms with Gasteiger partial charge in [-0.15, -0.1) is 0 Å². The van der Waals surface area contributed by atoms with Gasteiger partial charge in [-0.2, -0.15) is 5.10 Å². The molecule has 0 aliphatic rings. The molecule has 2 aromatic rings. The molecule has 0 spiro atoms. The van der Waals surface area contributed by atoms with Gasteiger partial charge in [0.15, 0.2) is 0 Å². The number of aromatic nitrogens is 2. The van der Waals surface area contributed by atoms with Crippen molar-refractivity contribution >= 4 is 0 Å². The Balaban J connectivity index is 2.34. The van der Waals surface area contributed by atoms with E-state index in [1.54, 1.807) is 4.68 Å². The van der Waals surface area contributed by atoms with Gasteiger partial charge in [0.2, 0.25) is 0 Å². The SMILES string of the molecule is CCc1cc(-c2ccccc2)nn(CCN(CC)CC)c1=O. The first kappa shape index (κ1) is 16.4. The van der Waals surface area contributed by atoms with Crippen LogP contribution in [-0.2, 0) is 13.0 Å². The summed E-state index contributed by atoms with van der Waals surface area (Å²) in [6.45, 7) is 9.75. The average Bonchev–Trinajstić information content (AvgIpc) is 2.57. The second-order valence-corrected chi connectivity index (χ2v) is 5.33. The summed E-state index contributed by atoms with van der Waals surface area (Å²) in [6.07, 6.45) is 0.729. The normalized spacial score (nSPS) is 11.1. The second kappa shape index (κ2) is 7.90. The molecule has 0 saturated heterocycles. The zero-order valence-corrected chi connectivity index (χ0v) is 13.7. The lowest BCUT2D eigenvalue weighted by atomic mass is 10.1. The fourth-order valence-corrected chi connectivity index (χ4v) is 2.53. The summed E-state index contributed by atoms with van der Waals surface area (Å²) in [6, 6.07) is 12.0. The Morgan fingerprint density at radius 1 is 1.09 bits per heavy atom. The first-order chi connectivity index (χ1) is 10.7. The molecular formula is C18H25N3O. The minimum Gasteiger partial charge on any atom is -0.302 e. The first-order valence-electron chi connectivity index (χ1n) is 8.08. The molecule has 0 aliphatic heterocycles. The van der Waals surface area contributed by atoms with Crippen molar-refractivity contribution in [1.29, 1.82) is 0 Å². The molecule has 0 aliphatic carbocycles. The molecule has 0 fully saturated rings. The molecule has 0 amide bonds. The summed E-state index contributed by atoms with van der Waals surface area (Å²) in [5, 5.41) is 4.57. The van der Waals surface area contributed by atoms with Crippen LogP contribution >= 0.6 is 0 Å². The van der Waals surface area contributed by atoms with Gasteiger partial charge < -0.3 is 4.90 Å². The highest BCUT2D eigenvalue weighted by Crippen LogP contribution is 2.16. The second-order valence-electron chi connectivity index (χ2n) is 5.33. The molecule has 0 unspecified atom stereocenters. The van der Waals surface area contributed by atoms with Gasteiger partial charge >= 0.3 is 0 Å². The minimum atomic E-state index is 0.0364. The molecule has 0 bridgehead atoms. The Bertz CT molecular complexity index is 645. The topological polar surface area (TPSA) is 38.1 Å². The zero-order valence-electron chi connectivity index (χ0n) is 13.7. The van der Waals surface area contributed by atoms with Crippen molar-refractivity contribution in [3.05, 3.63) is 52.3 Å². The lowest BCUT2D eigenvalue weighted by Crippen LogP contribution is -2.33. The summed E-state index contributed by atoms with van der Waals surface area (Å²) < 4.78 is 1.62. The van der Waals surface area contributed by atoms with Crippen molar-refractivity contribution < 1.29 is 0 Å². The average molecular weight is 299 g/mol. The van der Waals surface area contributed by atoms with Crippen LogP contribution in [0.15, 0.2) is 41.2 Å². The van der Waals surface area contributed by atoms with Gasteiger partial charge in [0, 0.05) is 17.7 Å². The molecule has 0 atom stereocenters. The van der Waals surface area contributed by atoms with Crippen molar-refractivity contribution in [1.82, 2.24) is 14.7 Å². The quantitative estimate of drug-likeness (QED) is 0.789. The van der Waals surface area contributed by atoms with Crippen LogP contribution in [0.2, 0.25) is 0 Å². The van der Waals surface area contributed by atoms with Crippen molar-refractivity contribution in [3.8, 4) is 11.3 Å². The van der Waals surface area contributed by atoms with E-state index in [0.29, 0.717) is 6.54 Å². The van der Waals surface area contributed by atoms with Crippen molar-refractivity contribution in [2.24, 2.45) is 0 Å². The van der Waals surface area contributed by atoms with Crippen LogP contribution in [-0.4, -0.2) is 34.3 Å². The third-order valence-corrected chi connectivity index (χ3v) is 4.02. The number of likely N-dealkylation sites (N-methyl/N-ethyl adjacent to an activating group) is 1. The van der Waals surface area contributed by atoms with Crippen LogP contribution < -0.4 is 5.56 Å². The van der Waals surface area contributed by atoms with Crippen molar-refractivity contribution in [2.75, 3.05) is 19.6 Å². The number of hydrogen-bond donors (Lipinski definition) is 0. The van der Waals surface area contributed by atoms with Gasteiger partial charge in [0.25, 0.3) is 5.56 Å². The fourth-order valence-electron chi connectivity index (χ4n) is 2.53. The standard InChI is InChI=1S/C18H25N3O/c1-4-15-14-17(16-10-8-7-9-11-16)19-21(18(15)22)13-12-20(5-2)6-3/h7-11,14H,4-6,12-13H2,1-3H3. The van der Waals surface area contributed by atoms with Gasteiger partial charge in [0.1, 0.15) is 0 Å². The van der Waals surface area contributed by atoms with Gasteiger partial charge in [-0.3, -0.25) is 4.79 Å². The smallest absolute Gasteiger partial charge is 0.270 e. The van der Waals surface area contributed by atoms with Gasteiger partial charge in [0.05, 0.1) is 12.2 Å². The first-order valence-corrected chi connectivity index (χ1v) is 8.08. The molecule has 2 rings (SSSR count). The lowest BCUT2D eigenvalue weighted by molar-refractivity contribution is 0.282. The van der Waals surface area contributed by atoms with Crippen LogP contribution in [0, 0.1) is 0 Å². The molecule has 118 valence electrons. The molecule has 0 saturated carbocycles. The highest BCUT2D eigenvalue weighted by Gasteiger charge is 2.09. The van der Waals surface area contributed by atoms with Gasteiger partial charge in [-0.25, -0.2) is 4.68 Å². The van der Waals surface area contributed by atoms with Gasteiger partial charge in [-0.1, -0.05) is 51.1 Å². The maximum atomic E-state index is 12.5. The van der Waals surface area contributed by atoms with Crippen molar-refractivity contribution in [2.45, 2.75) is 33.7 Å². The van der Waals surface area contributed by atoms with E-state index in [0.717, 1.165) is 42.9 Å². The van der Waals surface area contributed by atoms with E-state index in [1.165, 1.54) is 0 Å². The highest BCUT2D eigenvalue weighted by molar-refractivity contribution is 5.58. The van der Waals surface area contributed by atoms with E-state index < -0.39 is 0 Å². The van der Waals surface area contributed by atoms with E-state index in [2.05, 4.69) is 23.8 Å². The molecule has 1 heterocycles. The van der Waals surface area contributed by atoms with E-state index in [-0.39, 0.29) is 5.56 Å². The Morgan fingerprint density at radius 3 is 2.36 bits per heavy atom. The van der Waals surface area contributed by atoms with E-state index in [9.17, 15) is 4.79 Å².